The van der Waals surface area contributed by atoms with Gasteiger partial charge in [0.25, 0.3) is 0 Å². The molecule has 3 heteroatoms. The van der Waals surface area contributed by atoms with E-state index in [1.807, 2.05) is 19.1 Å². The normalized spacial score (nSPS) is 15.8. The third-order valence-electron chi connectivity index (χ3n) is 10.7. The van der Waals surface area contributed by atoms with Crippen LogP contribution in [-0.4, -0.2) is 4.57 Å². The van der Waals surface area contributed by atoms with Gasteiger partial charge in [-0.15, -0.1) is 0 Å². The van der Waals surface area contributed by atoms with Crippen LogP contribution in [0.3, 0.4) is 0 Å². The maximum Gasteiger partial charge on any atom is 0.132 e. The quantitative estimate of drug-likeness (QED) is 0.163. The topological polar surface area (TPSA) is 17.4 Å². The average molecular weight is 681 g/mol. The molecule has 53 heavy (non-hydrogen) atoms. The maximum atomic E-state index is 6.79. The van der Waals surface area contributed by atoms with E-state index in [0.29, 0.717) is 0 Å². The fourth-order valence-electron chi connectivity index (χ4n) is 8.48. The number of aromatic nitrogens is 1. The summed E-state index contributed by atoms with van der Waals surface area (Å²) in [6.07, 6.45) is 10.6. The summed E-state index contributed by atoms with van der Waals surface area (Å²) in [7, 11) is 0. The first kappa shape index (κ1) is 30.9. The molecule has 3 heterocycles. The van der Waals surface area contributed by atoms with Crippen LogP contribution in [0, 0.1) is 0 Å². The highest BCUT2D eigenvalue weighted by Gasteiger charge is 2.46. The van der Waals surface area contributed by atoms with Crippen LogP contribution in [0.25, 0.3) is 38.6 Å². The van der Waals surface area contributed by atoms with Gasteiger partial charge in [0, 0.05) is 33.4 Å². The van der Waals surface area contributed by atoms with Crippen molar-refractivity contribution in [3.63, 3.8) is 0 Å². The predicted molar refractivity (Wildman–Crippen MR) is 220 cm³/mol. The number of ether oxygens (including phenoxy) is 1. The first-order chi connectivity index (χ1) is 26.2. The van der Waals surface area contributed by atoms with Gasteiger partial charge in [-0.25, -0.2) is 0 Å². The van der Waals surface area contributed by atoms with Crippen molar-refractivity contribution in [2.75, 3.05) is 4.90 Å². The molecule has 10 rings (SSSR count). The molecular formula is C50H36N2O. The zero-order valence-electron chi connectivity index (χ0n) is 29.4. The molecule has 0 radical (unpaired) electrons. The van der Waals surface area contributed by atoms with Crippen molar-refractivity contribution in [3.8, 4) is 22.6 Å². The third kappa shape index (κ3) is 4.82. The molecule has 252 valence electrons. The number of allylic oxidation sites excluding steroid dienone is 5. The van der Waals surface area contributed by atoms with Crippen molar-refractivity contribution in [1.29, 1.82) is 0 Å². The number of rotatable bonds is 6. The van der Waals surface area contributed by atoms with Gasteiger partial charge in [-0.2, -0.15) is 0 Å². The van der Waals surface area contributed by atoms with Crippen LogP contribution < -0.4 is 9.64 Å². The van der Waals surface area contributed by atoms with Crippen molar-refractivity contribution in [1.82, 2.24) is 4.57 Å². The van der Waals surface area contributed by atoms with Gasteiger partial charge in [-0.3, -0.25) is 0 Å². The van der Waals surface area contributed by atoms with Gasteiger partial charge in [0.1, 0.15) is 11.5 Å². The highest BCUT2D eigenvalue weighted by molar-refractivity contribution is 6.12. The molecule has 0 bridgehead atoms. The lowest BCUT2D eigenvalue weighted by Gasteiger charge is -2.42. The van der Waals surface area contributed by atoms with E-state index in [2.05, 4.69) is 198 Å². The van der Waals surface area contributed by atoms with E-state index in [4.69, 9.17) is 4.74 Å². The van der Waals surface area contributed by atoms with E-state index in [9.17, 15) is 0 Å². The van der Waals surface area contributed by atoms with Gasteiger partial charge < -0.3 is 14.2 Å². The number of anilines is 3. The summed E-state index contributed by atoms with van der Waals surface area (Å²) in [5, 5.41) is 2.50. The number of hydrogen-bond acceptors (Lipinski definition) is 2. The van der Waals surface area contributed by atoms with Crippen LogP contribution in [0.1, 0.15) is 23.6 Å². The van der Waals surface area contributed by atoms with Crippen LogP contribution in [0.2, 0.25) is 0 Å². The van der Waals surface area contributed by atoms with E-state index >= 15 is 0 Å². The number of benzene rings is 7. The molecule has 1 atom stereocenters. The Morgan fingerprint density at radius 1 is 0.547 bits per heavy atom. The molecule has 0 amide bonds. The molecule has 0 aliphatic carbocycles. The highest BCUT2D eigenvalue weighted by Crippen LogP contribution is 2.56. The maximum absolute atomic E-state index is 6.79. The molecule has 1 aromatic heterocycles. The molecule has 8 aromatic rings. The van der Waals surface area contributed by atoms with Crippen LogP contribution in [0.15, 0.2) is 206 Å². The molecule has 2 aliphatic rings. The summed E-state index contributed by atoms with van der Waals surface area (Å²) in [4.78, 5) is 2.35. The average Bonchev–Trinajstić information content (AvgIpc) is 3.56. The molecule has 0 fully saturated rings. The second-order valence-electron chi connectivity index (χ2n) is 13.7. The number of nitrogens with zero attached hydrogens (tertiary/aromatic N) is 2. The van der Waals surface area contributed by atoms with Gasteiger partial charge in [0.2, 0.25) is 0 Å². The summed E-state index contributed by atoms with van der Waals surface area (Å²) >= 11 is 0. The summed E-state index contributed by atoms with van der Waals surface area (Å²) < 4.78 is 9.26. The molecule has 0 N–H and O–H groups in total. The Morgan fingerprint density at radius 2 is 1.21 bits per heavy atom. The smallest absolute Gasteiger partial charge is 0.132 e. The van der Waals surface area contributed by atoms with Crippen LogP contribution in [-0.2, 0) is 5.41 Å². The fourth-order valence-corrected chi connectivity index (χ4v) is 8.48. The monoisotopic (exact) mass is 680 g/mol. The van der Waals surface area contributed by atoms with Crippen molar-refractivity contribution < 1.29 is 4.74 Å². The van der Waals surface area contributed by atoms with Gasteiger partial charge in [-0.1, -0.05) is 133 Å². The van der Waals surface area contributed by atoms with E-state index in [-0.39, 0.29) is 0 Å². The molecule has 0 saturated heterocycles. The standard InChI is InChI=1S/C50H36N2O/c1-2-3-6-20-40-34-50(43-23-12-14-26-47(43)52-46-25-13-11-21-41(46)42-22-15-24-44(50)49(42)52)45-33-39(31-32-48(45)53-40)51(37-18-9-5-10-19-37)38-29-27-36(28-30-38)35-16-7-4-8-17-35/h2-34H,1H3/b3-2-,20-6-. The summed E-state index contributed by atoms with van der Waals surface area (Å²) in [6, 6.07) is 61.2. The lowest BCUT2D eigenvalue weighted by atomic mass is 9.65. The van der Waals surface area contributed by atoms with Gasteiger partial charge in [0.05, 0.1) is 22.1 Å². The Hall–Kier alpha value is -6.84. The molecular weight excluding hydrogens is 645 g/mol. The Bertz CT molecular complexity index is 2750. The van der Waals surface area contributed by atoms with Crippen LogP contribution in [0.4, 0.5) is 17.1 Å². The first-order valence-corrected chi connectivity index (χ1v) is 18.2. The fraction of sp³-hybridized carbons (Fsp3) is 0.0400. The first-order valence-electron chi connectivity index (χ1n) is 18.2. The van der Waals surface area contributed by atoms with Crippen molar-refractivity contribution in [3.05, 3.63) is 223 Å². The largest absolute Gasteiger partial charge is 0.457 e. The summed E-state index contributed by atoms with van der Waals surface area (Å²) in [5.41, 5.74) is 12.2. The molecule has 3 nitrogen and oxygen atoms in total. The van der Waals surface area contributed by atoms with Gasteiger partial charge >= 0.3 is 0 Å². The molecule has 7 aromatic carbocycles. The zero-order valence-corrected chi connectivity index (χ0v) is 29.4. The van der Waals surface area contributed by atoms with Gasteiger partial charge in [-0.05, 0) is 95.9 Å². The van der Waals surface area contributed by atoms with Crippen molar-refractivity contribution in [2.45, 2.75) is 12.3 Å². The van der Waals surface area contributed by atoms with Gasteiger partial charge in [0.15, 0.2) is 0 Å². The Labute approximate surface area is 309 Å². The van der Waals surface area contributed by atoms with E-state index in [0.717, 1.165) is 34.1 Å². The zero-order chi connectivity index (χ0) is 35.4. The van der Waals surface area contributed by atoms with E-state index in [1.165, 1.54) is 49.7 Å². The van der Waals surface area contributed by atoms with E-state index in [1.54, 1.807) is 0 Å². The van der Waals surface area contributed by atoms with Crippen molar-refractivity contribution in [2.24, 2.45) is 0 Å². The minimum absolute atomic E-state index is 0.640. The molecule has 1 spiro atoms. The van der Waals surface area contributed by atoms with Crippen LogP contribution in [0.5, 0.6) is 5.75 Å². The summed E-state index contributed by atoms with van der Waals surface area (Å²) in [6.45, 7) is 2.03. The number of fused-ring (bicyclic) bond motifs is 9. The number of hydrogen-bond donors (Lipinski definition) is 0. The molecule has 1 unspecified atom stereocenters. The SMILES string of the molecule is C/C=C\C=C/C1=CC2(c3cc(N(c4ccccc4)c4ccc(-c5ccccc5)cc4)ccc3O1)c1ccccc1-n1c3ccccc3c3cccc2c31. The Balaban J connectivity index is 1.25. The highest BCUT2D eigenvalue weighted by atomic mass is 16.5. The molecule has 0 saturated carbocycles. The Kier molecular flexibility index (Phi) is 7.26. The second-order valence-corrected chi connectivity index (χ2v) is 13.7. The summed E-state index contributed by atoms with van der Waals surface area (Å²) in [5.74, 6) is 1.66. The third-order valence-corrected chi connectivity index (χ3v) is 10.7. The van der Waals surface area contributed by atoms with E-state index < -0.39 is 5.41 Å². The predicted octanol–water partition coefficient (Wildman–Crippen LogP) is 13.0. The lowest BCUT2D eigenvalue weighted by molar-refractivity contribution is 0.410. The Morgan fingerprint density at radius 3 is 2.04 bits per heavy atom. The van der Waals surface area contributed by atoms with Crippen LogP contribution >= 0.6 is 0 Å². The number of para-hydroxylation sites is 4. The second kappa shape index (κ2) is 12.4. The lowest BCUT2D eigenvalue weighted by Crippen LogP contribution is -2.35. The van der Waals surface area contributed by atoms with Crippen molar-refractivity contribution >= 4 is 38.9 Å². The minimum Gasteiger partial charge on any atom is -0.457 e. The minimum atomic E-state index is -0.640. The molecule has 2 aliphatic heterocycles.